The standard InChI is InChI=1S/C14H13FN2O/c1-10-13(9-16-17(10)2)14(18)7-6-11-4-3-5-12(15)8-11/h3-9H,1-2H3/b7-6+. The van der Waals surface area contributed by atoms with Gasteiger partial charge in [-0.2, -0.15) is 5.10 Å². The second kappa shape index (κ2) is 4.96. The Balaban J connectivity index is 2.19. The van der Waals surface area contributed by atoms with Crippen molar-refractivity contribution in [1.29, 1.82) is 0 Å². The lowest BCUT2D eigenvalue weighted by Crippen LogP contribution is -1.98. The van der Waals surface area contributed by atoms with Gasteiger partial charge in [-0.1, -0.05) is 18.2 Å². The van der Waals surface area contributed by atoms with E-state index in [0.717, 1.165) is 5.69 Å². The zero-order valence-electron chi connectivity index (χ0n) is 10.2. The lowest BCUT2D eigenvalue weighted by atomic mass is 10.1. The third-order valence-corrected chi connectivity index (χ3v) is 2.78. The fourth-order valence-electron chi connectivity index (χ4n) is 1.61. The molecule has 18 heavy (non-hydrogen) atoms. The Morgan fingerprint density at radius 3 is 2.83 bits per heavy atom. The molecule has 0 aliphatic heterocycles. The van der Waals surface area contributed by atoms with Crippen molar-refractivity contribution in [2.45, 2.75) is 6.92 Å². The highest BCUT2D eigenvalue weighted by Gasteiger charge is 2.09. The topological polar surface area (TPSA) is 34.9 Å². The van der Waals surface area contributed by atoms with Crippen LogP contribution < -0.4 is 0 Å². The smallest absolute Gasteiger partial charge is 0.189 e. The van der Waals surface area contributed by atoms with Gasteiger partial charge in [-0.25, -0.2) is 4.39 Å². The van der Waals surface area contributed by atoms with Crippen molar-refractivity contribution < 1.29 is 9.18 Å². The number of rotatable bonds is 3. The van der Waals surface area contributed by atoms with Gasteiger partial charge in [0.2, 0.25) is 0 Å². The summed E-state index contributed by atoms with van der Waals surface area (Å²) >= 11 is 0. The minimum absolute atomic E-state index is 0.134. The van der Waals surface area contributed by atoms with Crippen LogP contribution in [0.4, 0.5) is 4.39 Å². The van der Waals surface area contributed by atoms with Crippen molar-refractivity contribution in [3.63, 3.8) is 0 Å². The summed E-state index contributed by atoms with van der Waals surface area (Å²) in [6.07, 6.45) is 4.56. The van der Waals surface area contributed by atoms with Gasteiger partial charge in [0.25, 0.3) is 0 Å². The van der Waals surface area contributed by atoms with E-state index in [0.29, 0.717) is 11.1 Å². The van der Waals surface area contributed by atoms with Crippen LogP contribution in [-0.4, -0.2) is 15.6 Å². The van der Waals surface area contributed by atoms with Crippen LogP contribution in [0.1, 0.15) is 21.6 Å². The lowest BCUT2D eigenvalue weighted by Gasteiger charge is -1.96. The summed E-state index contributed by atoms with van der Waals surface area (Å²) in [5, 5.41) is 4.01. The van der Waals surface area contributed by atoms with Crippen molar-refractivity contribution in [2.75, 3.05) is 0 Å². The number of halogens is 1. The van der Waals surface area contributed by atoms with Gasteiger partial charge in [-0.05, 0) is 30.7 Å². The third kappa shape index (κ3) is 2.53. The molecule has 0 bridgehead atoms. The number of hydrogen-bond acceptors (Lipinski definition) is 2. The van der Waals surface area contributed by atoms with E-state index in [2.05, 4.69) is 5.10 Å². The molecule has 0 amide bonds. The molecule has 4 heteroatoms. The predicted octanol–water partition coefficient (Wildman–Crippen LogP) is 2.76. The zero-order valence-corrected chi connectivity index (χ0v) is 10.2. The number of ketones is 1. The summed E-state index contributed by atoms with van der Waals surface area (Å²) < 4.78 is 14.6. The second-order valence-corrected chi connectivity index (χ2v) is 4.02. The summed E-state index contributed by atoms with van der Waals surface area (Å²) in [7, 11) is 1.78. The minimum Gasteiger partial charge on any atom is -0.289 e. The van der Waals surface area contributed by atoms with Gasteiger partial charge in [-0.15, -0.1) is 0 Å². The Hall–Kier alpha value is -2.23. The lowest BCUT2D eigenvalue weighted by molar-refractivity contribution is 0.104. The molecule has 0 N–H and O–H groups in total. The van der Waals surface area contributed by atoms with E-state index >= 15 is 0 Å². The van der Waals surface area contributed by atoms with Crippen molar-refractivity contribution in [2.24, 2.45) is 7.05 Å². The molecule has 0 saturated heterocycles. The zero-order chi connectivity index (χ0) is 13.1. The molecule has 92 valence electrons. The molecule has 1 heterocycles. The first-order valence-electron chi connectivity index (χ1n) is 5.54. The monoisotopic (exact) mass is 244 g/mol. The number of aryl methyl sites for hydroxylation is 1. The average molecular weight is 244 g/mol. The van der Waals surface area contributed by atoms with E-state index in [1.54, 1.807) is 29.9 Å². The number of carbonyl (C=O) groups is 1. The minimum atomic E-state index is -0.317. The van der Waals surface area contributed by atoms with Crippen LogP contribution in [0, 0.1) is 12.7 Å². The average Bonchev–Trinajstić information content (AvgIpc) is 2.67. The highest BCUT2D eigenvalue weighted by Crippen LogP contribution is 2.10. The van der Waals surface area contributed by atoms with Gasteiger partial charge < -0.3 is 0 Å². The molecule has 1 aromatic heterocycles. The van der Waals surface area contributed by atoms with Gasteiger partial charge in [0, 0.05) is 12.7 Å². The van der Waals surface area contributed by atoms with E-state index in [-0.39, 0.29) is 11.6 Å². The molecular formula is C14H13FN2O. The molecule has 2 rings (SSSR count). The van der Waals surface area contributed by atoms with E-state index in [4.69, 9.17) is 0 Å². The summed E-state index contributed by atoms with van der Waals surface area (Å²) in [4.78, 5) is 11.9. The summed E-state index contributed by atoms with van der Waals surface area (Å²) in [6.45, 7) is 1.83. The molecule has 0 spiro atoms. The third-order valence-electron chi connectivity index (χ3n) is 2.78. The Morgan fingerprint density at radius 1 is 1.44 bits per heavy atom. The summed E-state index contributed by atoms with van der Waals surface area (Å²) in [6, 6.07) is 6.09. The number of hydrogen-bond donors (Lipinski definition) is 0. The highest BCUT2D eigenvalue weighted by molar-refractivity contribution is 6.07. The number of nitrogens with zero attached hydrogens (tertiary/aromatic N) is 2. The van der Waals surface area contributed by atoms with Gasteiger partial charge >= 0.3 is 0 Å². The van der Waals surface area contributed by atoms with Crippen molar-refractivity contribution >= 4 is 11.9 Å². The maximum Gasteiger partial charge on any atom is 0.189 e. The molecule has 1 aromatic carbocycles. The fourth-order valence-corrected chi connectivity index (χ4v) is 1.61. The number of benzene rings is 1. The Bertz CT molecular complexity index is 614. The summed E-state index contributed by atoms with van der Waals surface area (Å²) in [5.41, 5.74) is 2.03. The van der Waals surface area contributed by atoms with Crippen LogP contribution in [0.15, 0.2) is 36.5 Å². The number of allylic oxidation sites excluding steroid dienone is 1. The Labute approximate surface area is 105 Å². The van der Waals surface area contributed by atoms with Crippen LogP contribution in [0.3, 0.4) is 0 Å². The maximum absolute atomic E-state index is 12.9. The Kier molecular flexibility index (Phi) is 3.37. The molecule has 0 radical (unpaired) electrons. The Morgan fingerprint density at radius 2 is 2.22 bits per heavy atom. The normalized spacial score (nSPS) is 11.1. The SMILES string of the molecule is Cc1c(C(=O)/C=C/c2cccc(F)c2)cnn1C. The van der Waals surface area contributed by atoms with Crippen LogP contribution in [0.5, 0.6) is 0 Å². The molecule has 0 fully saturated rings. The quantitative estimate of drug-likeness (QED) is 0.614. The predicted molar refractivity (Wildman–Crippen MR) is 67.7 cm³/mol. The van der Waals surface area contributed by atoms with Gasteiger partial charge in [-0.3, -0.25) is 9.48 Å². The van der Waals surface area contributed by atoms with Crippen LogP contribution in [0.2, 0.25) is 0 Å². The van der Waals surface area contributed by atoms with E-state index in [1.807, 2.05) is 6.92 Å². The largest absolute Gasteiger partial charge is 0.289 e. The number of aromatic nitrogens is 2. The number of carbonyl (C=O) groups excluding carboxylic acids is 1. The molecule has 2 aromatic rings. The van der Waals surface area contributed by atoms with E-state index < -0.39 is 0 Å². The van der Waals surface area contributed by atoms with Crippen molar-refractivity contribution in [3.8, 4) is 0 Å². The molecule has 0 aliphatic carbocycles. The molecule has 0 saturated carbocycles. The van der Waals surface area contributed by atoms with E-state index in [1.165, 1.54) is 24.4 Å². The van der Waals surface area contributed by atoms with Gasteiger partial charge in [0.1, 0.15) is 5.82 Å². The van der Waals surface area contributed by atoms with Crippen LogP contribution in [-0.2, 0) is 7.05 Å². The molecule has 3 nitrogen and oxygen atoms in total. The van der Waals surface area contributed by atoms with Crippen LogP contribution in [0.25, 0.3) is 6.08 Å². The second-order valence-electron chi connectivity index (χ2n) is 4.02. The van der Waals surface area contributed by atoms with Gasteiger partial charge in [0.15, 0.2) is 5.78 Å². The fraction of sp³-hybridized carbons (Fsp3) is 0.143. The van der Waals surface area contributed by atoms with Crippen molar-refractivity contribution in [3.05, 3.63) is 59.2 Å². The highest BCUT2D eigenvalue weighted by atomic mass is 19.1. The molecular weight excluding hydrogens is 231 g/mol. The first-order valence-corrected chi connectivity index (χ1v) is 5.54. The van der Waals surface area contributed by atoms with E-state index in [9.17, 15) is 9.18 Å². The first-order chi connectivity index (χ1) is 8.58. The molecule has 0 atom stereocenters. The molecule has 0 unspecified atom stereocenters. The van der Waals surface area contributed by atoms with Crippen molar-refractivity contribution in [1.82, 2.24) is 9.78 Å². The van der Waals surface area contributed by atoms with Crippen LogP contribution >= 0.6 is 0 Å². The summed E-state index contributed by atoms with van der Waals surface area (Å²) in [5.74, 6) is -0.452. The molecule has 0 aliphatic rings. The first kappa shape index (κ1) is 12.2. The maximum atomic E-state index is 12.9. The van der Waals surface area contributed by atoms with Gasteiger partial charge in [0.05, 0.1) is 11.8 Å².